The van der Waals surface area contributed by atoms with Gasteiger partial charge in [0.2, 0.25) is 5.91 Å². The largest absolute Gasteiger partial charge is 0.324 e. The van der Waals surface area contributed by atoms with Gasteiger partial charge >= 0.3 is 0 Å². The lowest BCUT2D eigenvalue weighted by Crippen LogP contribution is -2.24. The van der Waals surface area contributed by atoms with Gasteiger partial charge in [0.15, 0.2) is 0 Å². The van der Waals surface area contributed by atoms with Crippen LogP contribution in [0.5, 0.6) is 0 Å². The molecule has 0 bridgehead atoms. The number of nitrogens with one attached hydrogen (secondary N) is 1. The summed E-state index contributed by atoms with van der Waals surface area (Å²) in [5, 5.41) is 8.00. The van der Waals surface area contributed by atoms with Gasteiger partial charge in [0.1, 0.15) is 6.04 Å². The minimum absolute atomic E-state index is 0.104. The first kappa shape index (κ1) is 13.3. The number of fused-ring (bicyclic) bond motifs is 1. The predicted molar refractivity (Wildman–Crippen MR) is 82.0 cm³/mol. The Hall–Kier alpha value is -2.69. The van der Waals surface area contributed by atoms with Crippen molar-refractivity contribution in [1.82, 2.24) is 14.8 Å². The van der Waals surface area contributed by atoms with E-state index in [0.717, 1.165) is 22.2 Å². The first-order valence-corrected chi connectivity index (χ1v) is 6.81. The predicted octanol–water partition coefficient (Wildman–Crippen LogP) is 2.94. The van der Waals surface area contributed by atoms with Crippen molar-refractivity contribution in [3.8, 4) is 0 Å². The van der Waals surface area contributed by atoms with Crippen LogP contribution in [0, 0.1) is 6.92 Å². The molecular formula is C16H16N4O. The molecule has 0 aliphatic heterocycles. The molecule has 106 valence electrons. The summed E-state index contributed by atoms with van der Waals surface area (Å²) >= 11 is 0. The van der Waals surface area contributed by atoms with Crippen molar-refractivity contribution in [2.75, 3.05) is 5.32 Å². The lowest BCUT2D eigenvalue weighted by Gasteiger charge is -2.14. The van der Waals surface area contributed by atoms with E-state index in [1.54, 1.807) is 29.3 Å². The zero-order chi connectivity index (χ0) is 14.8. The molecule has 1 aromatic carbocycles. The second kappa shape index (κ2) is 5.36. The highest BCUT2D eigenvalue weighted by Gasteiger charge is 2.16. The minimum Gasteiger partial charge on any atom is -0.324 e. The van der Waals surface area contributed by atoms with Crippen LogP contribution in [0.3, 0.4) is 0 Å². The molecule has 2 heterocycles. The van der Waals surface area contributed by atoms with Crippen molar-refractivity contribution in [2.24, 2.45) is 0 Å². The molecule has 21 heavy (non-hydrogen) atoms. The normalized spacial score (nSPS) is 12.3. The highest BCUT2D eigenvalue weighted by Crippen LogP contribution is 2.25. The summed E-state index contributed by atoms with van der Waals surface area (Å²) in [5.41, 5.74) is 2.76. The summed E-state index contributed by atoms with van der Waals surface area (Å²) in [7, 11) is 0. The van der Waals surface area contributed by atoms with E-state index < -0.39 is 0 Å². The number of nitrogens with zero attached hydrogens (tertiary/aromatic N) is 3. The molecule has 0 spiro atoms. The molecule has 3 rings (SSSR count). The Kier molecular flexibility index (Phi) is 3.39. The Labute approximate surface area is 122 Å². The molecule has 3 aromatic rings. The van der Waals surface area contributed by atoms with Crippen LogP contribution in [-0.4, -0.2) is 20.7 Å². The van der Waals surface area contributed by atoms with E-state index in [4.69, 9.17) is 0 Å². The number of pyridine rings is 1. The van der Waals surface area contributed by atoms with E-state index in [1.165, 1.54) is 0 Å². The van der Waals surface area contributed by atoms with E-state index >= 15 is 0 Å². The molecular weight excluding hydrogens is 264 g/mol. The highest BCUT2D eigenvalue weighted by molar-refractivity contribution is 6.02. The number of carbonyl (C=O) groups excluding carboxylic acids is 1. The van der Waals surface area contributed by atoms with Gasteiger partial charge in [-0.25, -0.2) is 0 Å². The van der Waals surface area contributed by atoms with Gasteiger partial charge in [-0.3, -0.25) is 14.5 Å². The zero-order valence-corrected chi connectivity index (χ0v) is 11.9. The van der Waals surface area contributed by atoms with Gasteiger partial charge in [-0.2, -0.15) is 5.10 Å². The number of amides is 1. The van der Waals surface area contributed by atoms with Crippen molar-refractivity contribution in [1.29, 1.82) is 0 Å². The van der Waals surface area contributed by atoms with E-state index in [0.29, 0.717) is 0 Å². The van der Waals surface area contributed by atoms with Gasteiger partial charge < -0.3 is 5.32 Å². The van der Waals surface area contributed by atoms with Gasteiger partial charge in [-0.15, -0.1) is 0 Å². The second-order valence-electron chi connectivity index (χ2n) is 4.98. The summed E-state index contributed by atoms with van der Waals surface area (Å²) in [6.07, 6.45) is 5.20. The number of hydrogen-bond acceptors (Lipinski definition) is 3. The summed E-state index contributed by atoms with van der Waals surface area (Å²) in [6, 6.07) is 9.14. The van der Waals surface area contributed by atoms with E-state index in [1.807, 2.05) is 38.1 Å². The van der Waals surface area contributed by atoms with E-state index in [-0.39, 0.29) is 11.9 Å². The van der Waals surface area contributed by atoms with E-state index in [2.05, 4.69) is 15.4 Å². The maximum atomic E-state index is 12.3. The average Bonchev–Trinajstić information content (AvgIpc) is 3.04. The third kappa shape index (κ3) is 2.50. The monoisotopic (exact) mass is 280 g/mol. The third-order valence-corrected chi connectivity index (χ3v) is 3.53. The average molecular weight is 280 g/mol. The molecule has 0 radical (unpaired) electrons. The van der Waals surface area contributed by atoms with Crippen LogP contribution in [0.1, 0.15) is 18.5 Å². The van der Waals surface area contributed by atoms with Crippen LogP contribution in [0.4, 0.5) is 5.69 Å². The Morgan fingerprint density at radius 1 is 1.24 bits per heavy atom. The van der Waals surface area contributed by atoms with Gasteiger partial charge in [-0.1, -0.05) is 6.07 Å². The number of aromatic nitrogens is 3. The van der Waals surface area contributed by atoms with Crippen LogP contribution < -0.4 is 5.32 Å². The van der Waals surface area contributed by atoms with Crippen molar-refractivity contribution < 1.29 is 4.79 Å². The Morgan fingerprint density at radius 2 is 2.10 bits per heavy atom. The minimum atomic E-state index is -0.368. The molecule has 1 amide bonds. The fourth-order valence-electron chi connectivity index (χ4n) is 2.29. The highest BCUT2D eigenvalue weighted by atomic mass is 16.2. The molecule has 0 saturated carbocycles. The quantitative estimate of drug-likeness (QED) is 0.802. The molecule has 1 unspecified atom stereocenters. The first-order valence-electron chi connectivity index (χ1n) is 6.81. The number of rotatable bonds is 3. The van der Waals surface area contributed by atoms with Crippen LogP contribution in [0.25, 0.3) is 10.9 Å². The Balaban J connectivity index is 1.92. The third-order valence-electron chi connectivity index (χ3n) is 3.53. The molecule has 2 aromatic heterocycles. The fourth-order valence-corrected chi connectivity index (χ4v) is 2.29. The van der Waals surface area contributed by atoms with Crippen LogP contribution in [0.15, 0.2) is 48.9 Å². The Morgan fingerprint density at radius 3 is 2.86 bits per heavy atom. The van der Waals surface area contributed by atoms with Crippen molar-refractivity contribution in [3.05, 3.63) is 54.5 Å². The van der Waals surface area contributed by atoms with Gasteiger partial charge in [0.05, 0.1) is 11.2 Å². The number of benzene rings is 1. The lowest BCUT2D eigenvalue weighted by molar-refractivity contribution is -0.119. The smallest absolute Gasteiger partial charge is 0.248 e. The first-order chi connectivity index (χ1) is 10.2. The maximum absolute atomic E-state index is 12.3. The van der Waals surface area contributed by atoms with Gasteiger partial charge in [0.25, 0.3) is 0 Å². The SMILES string of the molecule is Cc1ccc(NC(=O)C(C)n2cccn2)c2cccnc12. The number of aryl methyl sites for hydroxylation is 1. The molecule has 5 nitrogen and oxygen atoms in total. The second-order valence-corrected chi connectivity index (χ2v) is 4.98. The topological polar surface area (TPSA) is 59.8 Å². The van der Waals surface area contributed by atoms with Gasteiger partial charge in [-0.05, 0) is 43.7 Å². The molecule has 0 aliphatic rings. The van der Waals surface area contributed by atoms with Crippen LogP contribution >= 0.6 is 0 Å². The maximum Gasteiger partial charge on any atom is 0.248 e. The van der Waals surface area contributed by atoms with Crippen molar-refractivity contribution in [3.63, 3.8) is 0 Å². The molecule has 1 N–H and O–H groups in total. The number of carbonyl (C=O) groups is 1. The number of anilines is 1. The van der Waals surface area contributed by atoms with Crippen LogP contribution in [0.2, 0.25) is 0 Å². The molecule has 1 atom stereocenters. The lowest BCUT2D eigenvalue weighted by atomic mass is 10.1. The zero-order valence-electron chi connectivity index (χ0n) is 11.9. The number of hydrogen-bond donors (Lipinski definition) is 1. The van der Waals surface area contributed by atoms with Crippen molar-refractivity contribution in [2.45, 2.75) is 19.9 Å². The summed E-state index contributed by atoms with van der Waals surface area (Å²) < 4.78 is 1.63. The molecule has 0 saturated heterocycles. The van der Waals surface area contributed by atoms with Gasteiger partial charge in [0, 0.05) is 24.0 Å². The Bertz CT molecular complexity index is 780. The van der Waals surface area contributed by atoms with Crippen LogP contribution in [-0.2, 0) is 4.79 Å². The molecule has 5 heteroatoms. The summed E-state index contributed by atoms with van der Waals surface area (Å²) in [6.45, 7) is 3.82. The molecule has 0 fully saturated rings. The molecule has 0 aliphatic carbocycles. The standard InChI is InChI=1S/C16H16N4O/c1-11-6-7-14(13-5-3-8-17-15(11)13)19-16(21)12(2)20-10-4-9-18-20/h3-10,12H,1-2H3,(H,19,21). The summed E-state index contributed by atoms with van der Waals surface area (Å²) in [4.78, 5) is 16.7. The van der Waals surface area contributed by atoms with Crippen molar-refractivity contribution >= 4 is 22.5 Å². The summed E-state index contributed by atoms with van der Waals surface area (Å²) in [5.74, 6) is -0.104. The fraction of sp³-hybridized carbons (Fsp3) is 0.188. The van der Waals surface area contributed by atoms with E-state index in [9.17, 15) is 4.79 Å².